The second-order valence-electron chi connectivity index (χ2n) is 4.60. The minimum atomic E-state index is -0.164. The topological polar surface area (TPSA) is 29.1 Å². The summed E-state index contributed by atoms with van der Waals surface area (Å²) < 4.78 is 1.00. The summed E-state index contributed by atoms with van der Waals surface area (Å²) in [5, 5.41) is 2.93. The Morgan fingerprint density at radius 3 is 2.60 bits per heavy atom. The van der Waals surface area contributed by atoms with Crippen LogP contribution in [0.25, 0.3) is 0 Å². The molecule has 1 amide bonds. The normalized spacial score (nSPS) is 11.2. The highest BCUT2D eigenvalue weighted by atomic mass is 79.9. The molecule has 0 spiro atoms. The van der Waals surface area contributed by atoms with Crippen LogP contribution in [-0.4, -0.2) is 11.4 Å². The number of carbonyl (C=O) groups excluding carboxylic acids is 1. The Morgan fingerprint density at radius 1 is 1.40 bits per heavy atom. The molecule has 0 heterocycles. The zero-order valence-corrected chi connectivity index (χ0v) is 10.9. The maximum Gasteiger partial charge on any atom is 0.224 e. The molecule has 2 nitrogen and oxygen atoms in total. The van der Waals surface area contributed by atoms with Gasteiger partial charge in [-0.1, -0.05) is 28.1 Å². The van der Waals surface area contributed by atoms with E-state index in [-0.39, 0.29) is 11.4 Å². The first-order valence-electron chi connectivity index (χ1n) is 4.92. The van der Waals surface area contributed by atoms with E-state index >= 15 is 0 Å². The lowest BCUT2D eigenvalue weighted by molar-refractivity contribution is -0.121. The first kappa shape index (κ1) is 12.2. The molecule has 0 bridgehead atoms. The van der Waals surface area contributed by atoms with Crippen molar-refractivity contribution >= 4 is 21.8 Å². The summed E-state index contributed by atoms with van der Waals surface area (Å²) in [7, 11) is 0. The van der Waals surface area contributed by atoms with Crippen LogP contribution in [0.3, 0.4) is 0 Å². The average molecular weight is 270 g/mol. The zero-order valence-electron chi connectivity index (χ0n) is 9.30. The molecule has 0 aliphatic heterocycles. The highest BCUT2D eigenvalue weighted by Gasteiger charge is 2.13. The summed E-state index contributed by atoms with van der Waals surface area (Å²) >= 11 is 3.38. The van der Waals surface area contributed by atoms with E-state index in [1.54, 1.807) is 0 Å². The van der Waals surface area contributed by atoms with Gasteiger partial charge in [0, 0.05) is 10.0 Å². The molecule has 0 aliphatic rings. The maximum atomic E-state index is 11.6. The molecule has 0 saturated heterocycles. The van der Waals surface area contributed by atoms with Crippen molar-refractivity contribution < 1.29 is 4.79 Å². The molecule has 1 rings (SSSR count). The Kier molecular flexibility index (Phi) is 3.91. The Morgan fingerprint density at radius 2 is 2.07 bits per heavy atom. The molecule has 0 radical (unpaired) electrons. The van der Waals surface area contributed by atoms with Crippen LogP contribution >= 0.6 is 15.9 Å². The van der Waals surface area contributed by atoms with E-state index in [0.29, 0.717) is 6.42 Å². The third-order valence-electron chi connectivity index (χ3n) is 1.77. The fourth-order valence-electron chi connectivity index (χ4n) is 1.29. The third-order valence-corrected chi connectivity index (χ3v) is 2.26. The molecule has 0 aromatic heterocycles. The average Bonchev–Trinajstić information content (AvgIpc) is 1.99. The van der Waals surface area contributed by atoms with Gasteiger partial charge >= 0.3 is 0 Å². The first-order valence-corrected chi connectivity index (χ1v) is 5.71. The Hall–Kier alpha value is -0.830. The highest BCUT2D eigenvalue weighted by Crippen LogP contribution is 2.12. The lowest BCUT2D eigenvalue weighted by Gasteiger charge is -2.20. The van der Waals surface area contributed by atoms with Crippen LogP contribution in [0.5, 0.6) is 0 Å². The number of nitrogens with one attached hydrogen (secondary N) is 1. The number of amides is 1. The first-order chi connectivity index (χ1) is 6.87. The smallest absolute Gasteiger partial charge is 0.224 e. The molecule has 3 heteroatoms. The Labute approximate surface area is 99.2 Å². The van der Waals surface area contributed by atoms with Crippen LogP contribution in [0.4, 0.5) is 0 Å². The Bertz CT molecular complexity index is 355. The van der Waals surface area contributed by atoms with Gasteiger partial charge in [0.05, 0.1) is 6.42 Å². The molecule has 1 N–H and O–H groups in total. The summed E-state index contributed by atoms with van der Waals surface area (Å²) in [6.45, 7) is 5.93. The summed E-state index contributed by atoms with van der Waals surface area (Å²) in [6.07, 6.45) is 0.427. The van der Waals surface area contributed by atoms with E-state index in [1.807, 2.05) is 45.0 Å². The van der Waals surface area contributed by atoms with Crippen LogP contribution in [0.1, 0.15) is 26.3 Å². The lowest BCUT2D eigenvalue weighted by Crippen LogP contribution is -2.41. The second-order valence-corrected chi connectivity index (χ2v) is 5.52. The number of hydrogen-bond acceptors (Lipinski definition) is 1. The van der Waals surface area contributed by atoms with Crippen molar-refractivity contribution in [2.24, 2.45) is 0 Å². The van der Waals surface area contributed by atoms with Crippen LogP contribution < -0.4 is 5.32 Å². The number of halogens is 1. The summed E-state index contributed by atoms with van der Waals surface area (Å²) in [6, 6.07) is 7.80. The van der Waals surface area contributed by atoms with Crippen molar-refractivity contribution in [1.29, 1.82) is 0 Å². The van der Waals surface area contributed by atoms with E-state index in [1.165, 1.54) is 0 Å². The van der Waals surface area contributed by atoms with E-state index in [4.69, 9.17) is 0 Å². The van der Waals surface area contributed by atoms with Crippen LogP contribution in [-0.2, 0) is 11.2 Å². The molecule has 0 aliphatic carbocycles. The largest absolute Gasteiger partial charge is 0.351 e. The molecule has 0 atom stereocenters. The highest BCUT2D eigenvalue weighted by molar-refractivity contribution is 9.10. The second kappa shape index (κ2) is 4.79. The van der Waals surface area contributed by atoms with Crippen LogP contribution in [0, 0.1) is 0 Å². The maximum absolute atomic E-state index is 11.6. The number of carbonyl (C=O) groups is 1. The predicted molar refractivity (Wildman–Crippen MR) is 65.7 cm³/mol. The number of hydrogen-bond donors (Lipinski definition) is 1. The molecule has 0 saturated carbocycles. The molecule has 0 unspecified atom stereocenters. The minimum Gasteiger partial charge on any atom is -0.351 e. The van der Waals surface area contributed by atoms with Gasteiger partial charge < -0.3 is 5.32 Å². The van der Waals surface area contributed by atoms with Crippen molar-refractivity contribution in [2.75, 3.05) is 0 Å². The Balaban J connectivity index is 2.59. The van der Waals surface area contributed by atoms with Crippen LogP contribution in [0.2, 0.25) is 0 Å². The monoisotopic (exact) mass is 269 g/mol. The molecule has 0 fully saturated rings. The summed E-state index contributed by atoms with van der Waals surface area (Å²) in [5.74, 6) is 0.0561. The molecule has 1 aromatic carbocycles. The summed E-state index contributed by atoms with van der Waals surface area (Å²) in [4.78, 5) is 11.6. The zero-order chi connectivity index (χ0) is 11.5. The van der Waals surface area contributed by atoms with Crippen molar-refractivity contribution in [2.45, 2.75) is 32.7 Å². The summed E-state index contributed by atoms with van der Waals surface area (Å²) in [5.41, 5.74) is 0.856. The fraction of sp³-hybridized carbons (Fsp3) is 0.417. The van der Waals surface area contributed by atoms with Gasteiger partial charge in [0.2, 0.25) is 5.91 Å². The van der Waals surface area contributed by atoms with Gasteiger partial charge in [-0.15, -0.1) is 0 Å². The standard InChI is InChI=1S/C12H16BrNO/c1-12(2,3)14-11(15)8-9-5-4-6-10(13)7-9/h4-7H,8H2,1-3H3,(H,14,15). The van der Waals surface area contributed by atoms with Gasteiger partial charge in [-0.3, -0.25) is 4.79 Å². The third kappa shape index (κ3) is 4.98. The van der Waals surface area contributed by atoms with Gasteiger partial charge in [-0.25, -0.2) is 0 Å². The number of rotatable bonds is 2. The molecule has 1 aromatic rings. The minimum absolute atomic E-state index is 0.0561. The van der Waals surface area contributed by atoms with E-state index in [0.717, 1.165) is 10.0 Å². The molecule has 15 heavy (non-hydrogen) atoms. The van der Waals surface area contributed by atoms with E-state index in [9.17, 15) is 4.79 Å². The van der Waals surface area contributed by atoms with Gasteiger partial charge in [0.15, 0.2) is 0 Å². The van der Waals surface area contributed by atoms with Gasteiger partial charge in [0.1, 0.15) is 0 Å². The quantitative estimate of drug-likeness (QED) is 0.879. The van der Waals surface area contributed by atoms with E-state index < -0.39 is 0 Å². The SMILES string of the molecule is CC(C)(C)NC(=O)Cc1cccc(Br)c1. The van der Waals surface area contributed by atoms with E-state index in [2.05, 4.69) is 21.2 Å². The molecular weight excluding hydrogens is 254 g/mol. The van der Waals surface area contributed by atoms with Crippen molar-refractivity contribution in [3.8, 4) is 0 Å². The predicted octanol–water partition coefficient (Wildman–Crippen LogP) is 2.91. The molecule has 82 valence electrons. The van der Waals surface area contributed by atoms with Gasteiger partial charge in [-0.2, -0.15) is 0 Å². The van der Waals surface area contributed by atoms with Gasteiger partial charge in [-0.05, 0) is 38.5 Å². The van der Waals surface area contributed by atoms with Crippen molar-refractivity contribution in [1.82, 2.24) is 5.32 Å². The number of benzene rings is 1. The van der Waals surface area contributed by atoms with Crippen LogP contribution in [0.15, 0.2) is 28.7 Å². The van der Waals surface area contributed by atoms with Crippen molar-refractivity contribution in [3.63, 3.8) is 0 Å². The van der Waals surface area contributed by atoms with Gasteiger partial charge in [0.25, 0.3) is 0 Å². The lowest BCUT2D eigenvalue weighted by atomic mass is 10.1. The fourth-order valence-corrected chi connectivity index (χ4v) is 1.74. The van der Waals surface area contributed by atoms with Crippen molar-refractivity contribution in [3.05, 3.63) is 34.3 Å². The molecular formula is C12H16BrNO.